The van der Waals surface area contributed by atoms with Crippen LogP contribution in [0.5, 0.6) is 0 Å². The zero-order valence-corrected chi connectivity index (χ0v) is 8.99. The lowest BCUT2D eigenvalue weighted by Crippen LogP contribution is -2.20. The molecule has 0 bridgehead atoms. The van der Waals surface area contributed by atoms with Gasteiger partial charge in [-0.05, 0) is 17.7 Å². The summed E-state index contributed by atoms with van der Waals surface area (Å²) < 4.78 is 4.52. The standard InChI is InChI=1S/C10H11ClN2O2/c1-15-10(14)9(13-12)6-7-2-4-8(11)5-3-7/h2-5H,6,12H2,1H3/b13-9+. The molecule has 0 atom stereocenters. The van der Waals surface area contributed by atoms with Gasteiger partial charge in [0.15, 0.2) is 0 Å². The van der Waals surface area contributed by atoms with Crippen molar-refractivity contribution in [2.24, 2.45) is 10.9 Å². The number of carbonyl (C=O) groups excluding carboxylic acids is 1. The molecule has 0 fully saturated rings. The minimum Gasteiger partial charge on any atom is -0.464 e. The third-order valence-corrected chi connectivity index (χ3v) is 2.11. The van der Waals surface area contributed by atoms with Gasteiger partial charge < -0.3 is 10.6 Å². The SMILES string of the molecule is COC(=O)/C(Cc1ccc(Cl)cc1)=N/N. The summed E-state index contributed by atoms with van der Waals surface area (Å²) in [6, 6.07) is 7.08. The number of esters is 1. The number of carbonyl (C=O) groups is 1. The Balaban J connectivity index is 2.76. The van der Waals surface area contributed by atoms with Crippen LogP contribution in [0.2, 0.25) is 5.02 Å². The molecule has 80 valence electrons. The summed E-state index contributed by atoms with van der Waals surface area (Å²) >= 11 is 5.73. The van der Waals surface area contributed by atoms with E-state index in [0.29, 0.717) is 11.4 Å². The van der Waals surface area contributed by atoms with Crippen molar-refractivity contribution in [3.63, 3.8) is 0 Å². The summed E-state index contributed by atoms with van der Waals surface area (Å²) in [6.07, 6.45) is 0.334. The molecule has 1 rings (SSSR count). The van der Waals surface area contributed by atoms with Crippen LogP contribution in [0.25, 0.3) is 0 Å². The van der Waals surface area contributed by atoms with Crippen molar-refractivity contribution in [2.75, 3.05) is 7.11 Å². The van der Waals surface area contributed by atoms with Crippen molar-refractivity contribution in [1.82, 2.24) is 0 Å². The molecule has 0 heterocycles. The van der Waals surface area contributed by atoms with Crippen LogP contribution in [-0.2, 0) is 16.0 Å². The second-order valence-electron chi connectivity index (χ2n) is 2.87. The quantitative estimate of drug-likeness (QED) is 0.366. The largest absolute Gasteiger partial charge is 0.464 e. The Labute approximate surface area is 92.7 Å². The van der Waals surface area contributed by atoms with E-state index >= 15 is 0 Å². The van der Waals surface area contributed by atoms with E-state index in [0.717, 1.165) is 5.56 Å². The van der Waals surface area contributed by atoms with Gasteiger partial charge in [-0.2, -0.15) is 5.10 Å². The molecule has 1 aromatic carbocycles. The fourth-order valence-electron chi connectivity index (χ4n) is 1.08. The Bertz CT molecular complexity index is 374. The van der Waals surface area contributed by atoms with E-state index in [9.17, 15) is 4.79 Å². The third kappa shape index (κ3) is 3.25. The van der Waals surface area contributed by atoms with Gasteiger partial charge in [0.1, 0.15) is 5.71 Å². The summed E-state index contributed by atoms with van der Waals surface area (Å²) in [5, 5.41) is 4.03. The molecule has 0 unspecified atom stereocenters. The summed E-state index contributed by atoms with van der Waals surface area (Å²) in [6.45, 7) is 0. The maximum atomic E-state index is 11.2. The van der Waals surface area contributed by atoms with Crippen molar-refractivity contribution in [3.05, 3.63) is 34.9 Å². The highest BCUT2D eigenvalue weighted by Gasteiger charge is 2.11. The minimum atomic E-state index is -0.521. The molecule has 0 radical (unpaired) electrons. The summed E-state index contributed by atoms with van der Waals surface area (Å²) in [5.74, 6) is 4.57. The number of nitrogens with two attached hydrogens (primary N) is 1. The number of ether oxygens (including phenoxy) is 1. The molecule has 0 aliphatic carbocycles. The van der Waals surface area contributed by atoms with E-state index in [1.165, 1.54) is 7.11 Å². The number of halogens is 1. The predicted molar refractivity (Wildman–Crippen MR) is 58.8 cm³/mol. The Kier molecular flexibility index (Phi) is 4.12. The molecule has 1 aromatic rings. The van der Waals surface area contributed by atoms with E-state index < -0.39 is 5.97 Å². The van der Waals surface area contributed by atoms with Gasteiger partial charge in [0, 0.05) is 11.4 Å². The molecular formula is C10H11ClN2O2. The number of hydrogen-bond donors (Lipinski definition) is 1. The topological polar surface area (TPSA) is 64.7 Å². The number of benzene rings is 1. The lowest BCUT2D eigenvalue weighted by Gasteiger charge is -2.03. The van der Waals surface area contributed by atoms with E-state index in [1.807, 2.05) is 0 Å². The van der Waals surface area contributed by atoms with Gasteiger partial charge in [0.2, 0.25) is 0 Å². The van der Waals surface area contributed by atoms with Crippen molar-refractivity contribution >= 4 is 23.3 Å². The highest BCUT2D eigenvalue weighted by molar-refractivity contribution is 6.36. The van der Waals surface area contributed by atoms with Crippen molar-refractivity contribution < 1.29 is 9.53 Å². The first-order valence-electron chi connectivity index (χ1n) is 4.27. The van der Waals surface area contributed by atoms with Gasteiger partial charge in [0.25, 0.3) is 0 Å². The van der Waals surface area contributed by atoms with Gasteiger partial charge in [-0.1, -0.05) is 23.7 Å². The molecule has 0 aliphatic heterocycles. The smallest absolute Gasteiger partial charge is 0.354 e. The fraction of sp³-hybridized carbons (Fsp3) is 0.200. The van der Waals surface area contributed by atoms with Crippen molar-refractivity contribution in [2.45, 2.75) is 6.42 Å². The molecule has 0 saturated carbocycles. The number of rotatable bonds is 3. The zero-order chi connectivity index (χ0) is 11.3. The highest BCUT2D eigenvalue weighted by atomic mass is 35.5. The normalized spacial score (nSPS) is 11.2. The Morgan fingerprint density at radius 3 is 2.53 bits per heavy atom. The number of hydrogen-bond acceptors (Lipinski definition) is 4. The van der Waals surface area contributed by atoms with E-state index in [2.05, 4.69) is 9.84 Å². The zero-order valence-electron chi connectivity index (χ0n) is 8.24. The van der Waals surface area contributed by atoms with Crippen molar-refractivity contribution in [3.8, 4) is 0 Å². The molecule has 4 nitrogen and oxygen atoms in total. The molecular weight excluding hydrogens is 216 g/mol. The Morgan fingerprint density at radius 1 is 1.47 bits per heavy atom. The van der Waals surface area contributed by atoms with E-state index in [-0.39, 0.29) is 5.71 Å². The maximum absolute atomic E-state index is 11.2. The second kappa shape index (κ2) is 5.36. The van der Waals surface area contributed by atoms with E-state index in [4.69, 9.17) is 17.4 Å². The average molecular weight is 227 g/mol. The maximum Gasteiger partial charge on any atom is 0.354 e. The Hall–Kier alpha value is -1.55. The fourth-order valence-corrected chi connectivity index (χ4v) is 1.21. The summed E-state index contributed by atoms with van der Waals surface area (Å²) in [5.41, 5.74) is 1.08. The first-order valence-corrected chi connectivity index (χ1v) is 4.64. The molecule has 0 spiro atoms. The lowest BCUT2D eigenvalue weighted by atomic mass is 10.1. The van der Waals surface area contributed by atoms with Gasteiger partial charge in [-0.15, -0.1) is 0 Å². The number of hydrazone groups is 1. The van der Waals surface area contributed by atoms with Gasteiger partial charge >= 0.3 is 5.97 Å². The highest BCUT2D eigenvalue weighted by Crippen LogP contribution is 2.10. The van der Waals surface area contributed by atoms with Crippen LogP contribution in [0, 0.1) is 0 Å². The minimum absolute atomic E-state index is 0.180. The van der Waals surface area contributed by atoms with Crippen LogP contribution in [0.3, 0.4) is 0 Å². The molecule has 5 heteroatoms. The number of nitrogens with zero attached hydrogens (tertiary/aromatic N) is 1. The molecule has 0 amide bonds. The lowest BCUT2D eigenvalue weighted by molar-refractivity contribution is -0.132. The molecule has 0 aromatic heterocycles. The van der Waals surface area contributed by atoms with Crippen molar-refractivity contribution in [1.29, 1.82) is 0 Å². The van der Waals surface area contributed by atoms with Gasteiger partial charge in [-0.3, -0.25) is 0 Å². The molecule has 15 heavy (non-hydrogen) atoms. The first kappa shape index (κ1) is 11.5. The Morgan fingerprint density at radius 2 is 2.07 bits per heavy atom. The predicted octanol–water partition coefficient (Wildman–Crippen LogP) is 1.37. The van der Waals surface area contributed by atoms with Gasteiger partial charge in [-0.25, -0.2) is 4.79 Å². The molecule has 2 N–H and O–H groups in total. The number of methoxy groups -OCH3 is 1. The van der Waals surface area contributed by atoms with Crippen LogP contribution in [0.4, 0.5) is 0 Å². The van der Waals surface area contributed by atoms with E-state index in [1.54, 1.807) is 24.3 Å². The summed E-state index contributed by atoms with van der Waals surface area (Å²) in [7, 11) is 1.29. The molecule has 0 saturated heterocycles. The van der Waals surface area contributed by atoms with Crippen LogP contribution in [-0.4, -0.2) is 18.8 Å². The van der Waals surface area contributed by atoms with Crippen LogP contribution in [0.1, 0.15) is 5.56 Å². The second-order valence-corrected chi connectivity index (χ2v) is 3.31. The van der Waals surface area contributed by atoms with Crippen LogP contribution >= 0.6 is 11.6 Å². The monoisotopic (exact) mass is 226 g/mol. The van der Waals surface area contributed by atoms with Crippen LogP contribution < -0.4 is 5.84 Å². The van der Waals surface area contributed by atoms with Gasteiger partial charge in [0.05, 0.1) is 7.11 Å². The first-order chi connectivity index (χ1) is 7.17. The van der Waals surface area contributed by atoms with Crippen LogP contribution in [0.15, 0.2) is 29.4 Å². The molecule has 0 aliphatic rings. The summed E-state index contributed by atoms with van der Waals surface area (Å²) in [4.78, 5) is 11.2. The average Bonchev–Trinajstić information content (AvgIpc) is 2.27. The third-order valence-electron chi connectivity index (χ3n) is 1.86.